The number of nitrogens with zero attached hydrogens (tertiary/aromatic N) is 3. The van der Waals surface area contributed by atoms with Gasteiger partial charge in [0.25, 0.3) is 0 Å². The number of carbonyl (C=O) groups excluding carboxylic acids is 1. The Hall–Kier alpha value is -1.82. The van der Waals surface area contributed by atoms with Gasteiger partial charge in [-0.15, -0.1) is 5.10 Å². The molecule has 5 nitrogen and oxygen atoms in total. The van der Waals surface area contributed by atoms with E-state index < -0.39 is 0 Å². The predicted molar refractivity (Wildman–Crippen MR) is 87.7 cm³/mol. The first-order valence-corrected chi connectivity index (χ1v) is 8.41. The molecule has 0 aliphatic heterocycles. The molecule has 1 heterocycles. The zero-order chi connectivity index (χ0) is 15.4. The van der Waals surface area contributed by atoms with E-state index in [9.17, 15) is 4.79 Å². The van der Waals surface area contributed by atoms with Gasteiger partial charge in [0, 0.05) is 29.0 Å². The normalized spacial score (nSPS) is 15.1. The van der Waals surface area contributed by atoms with Crippen molar-refractivity contribution in [1.29, 1.82) is 0 Å². The average Bonchev–Trinajstić information content (AvgIpc) is 3.15. The Morgan fingerprint density at radius 2 is 2.23 bits per heavy atom. The lowest BCUT2D eigenvalue weighted by atomic mass is 10.0. The van der Waals surface area contributed by atoms with Gasteiger partial charge in [0.1, 0.15) is 12.7 Å². The van der Waals surface area contributed by atoms with Crippen molar-refractivity contribution in [3.05, 3.63) is 36.4 Å². The lowest BCUT2D eigenvalue weighted by Gasteiger charge is -2.11. The fourth-order valence-electron chi connectivity index (χ4n) is 2.86. The summed E-state index contributed by atoms with van der Waals surface area (Å²) >= 11 is 1.50. The van der Waals surface area contributed by atoms with Gasteiger partial charge in [0.15, 0.2) is 0 Å². The third kappa shape index (κ3) is 3.88. The summed E-state index contributed by atoms with van der Waals surface area (Å²) in [6, 6.07) is 5.96. The quantitative estimate of drug-likeness (QED) is 0.914. The molecule has 1 N–H and O–H groups in total. The van der Waals surface area contributed by atoms with Crippen molar-refractivity contribution in [2.75, 3.05) is 5.32 Å². The van der Waals surface area contributed by atoms with Crippen LogP contribution in [-0.4, -0.2) is 20.1 Å². The van der Waals surface area contributed by atoms with E-state index in [-0.39, 0.29) is 5.91 Å². The van der Waals surface area contributed by atoms with E-state index in [1.165, 1.54) is 44.0 Å². The molecule has 1 saturated carbocycles. The summed E-state index contributed by atoms with van der Waals surface area (Å²) in [4.78, 5) is 17.1. The Morgan fingerprint density at radius 3 is 2.91 bits per heavy atom. The van der Waals surface area contributed by atoms with E-state index in [0.717, 1.165) is 16.1 Å². The van der Waals surface area contributed by atoms with Crippen LogP contribution in [0, 0.1) is 12.8 Å². The number of carbonyl (C=O) groups is 1. The number of aromatic nitrogens is 3. The lowest BCUT2D eigenvalue weighted by Crippen LogP contribution is -2.15. The summed E-state index contributed by atoms with van der Waals surface area (Å²) in [5.41, 5.74) is 1.97. The van der Waals surface area contributed by atoms with Crippen LogP contribution in [0.3, 0.4) is 0 Å². The molecule has 0 atom stereocenters. The van der Waals surface area contributed by atoms with E-state index in [1.807, 2.05) is 25.1 Å². The second kappa shape index (κ2) is 6.96. The number of hydrogen-bond acceptors (Lipinski definition) is 4. The fraction of sp³-hybridized carbons (Fsp3) is 0.438. The fourth-order valence-corrected chi connectivity index (χ4v) is 3.59. The Balaban J connectivity index is 1.60. The highest BCUT2D eigenvalue weighted by Gasteiger charge is 2.18. The molecule has 0 unspecified atom stereocenters. The van der Waals surface area contributed by atoms with Crippen LogP contribution in [0.25, 0.3) is 0 Å². The molecule has 0 bridgehead atoms. The Labute approximate surface area is 134 Å². The van der Waals surface area contributed by atoms with Crippen LogP contribution in [0.4, 0.5) is 5.69 Å². The maximum atomic E-state index is 12.1. The molecule has 116 valence electrons. The van der Waals surface area contributed by atoms with Gasteiger partial charge < -0.3 is 5.32 Å². The molecule has 1 aliphatic carbocycles. The molecular weight excluding hydrogens is 296 g/mol. The first-order valence-electron chi connectivity index (χ1n) is 7.64. The van der Waals surface area contributed by atoms with Crippen LogP contribution in [0.15, 0.2) is 35.7 Å². The summed E-state index contributed by atoms with van der Waals surface area (Å²) in [5, 5.41) is 7.09. The third-order valence-corrected chi connectivity index (χ3v) is 5.03. The third-order valence-electron chi connectivity index (χ3n) is 4.00. The zero-order valence-corrected chi connectivity index (χ0v) is 13.5. The number of amides is 1. The number of hydrogen-bond donors (Lipinski definition) is 1. The Kier molecular flexibility index (Phi) is 4.77. The minimum absolute atomic E-state index is 0.128. The first kappa shape index (κ1) is 15.1. The molecule has 22 heavy (non-hydrogen) atoms. The van der Waals surface area contributed by atoms with E-state index in [4.69, 9.17) is 0 Å². The predicted octanol–water partition coefficient (Wildman–Crippen LogP) is 3.66. The summed E-state index contributed by atoms with van der Waals surface area (Å²) in [6.07, 6.45) is 8.76. The van der Waals surface area contributed by atoms with Crippen molar-refractivity contribution in [3.63, 3.8) is 0 Å². The molecule has 1 fully saturated rings. The van der Waals surface area contributed by atoms with Crippen molar-refractivity contribution in [3.8, 4) is 0 Å². The van der Waals surface area contributed by atoms with Gasteiger partial charge in [-0.2, -0.15) is 4.09 Å². The maximum Gasteiger partial charge on any atom is 0.224 e. The zero-order valence-electron chi connectivity index (χ0n) is 12.7. The van der Waals surface area contributed by atoms with Crippen LogP contribution in [0.5, 0.6) is 0 Å². The molecule has 1 aromatic carbocycles. The van der Waals surface area contributed by atoms with Crippen LogP contribution < -0.4 is 5.32 Å². The van der Waals surface area contributed by atoms with Gasteiger partial charge in [-0.3, -0.25) is 4.79 Å². The monoisotopic (exact) mass is 316 g/mol. The number of rotatable bonds is 5. The van der Waals surface area contributed by atoms with Crippen LogP contribution in [0.1, 0.15) is 37.7 Å². The van der Waals surface area contributed by atoms with Crippen LogP contribution >= 0.6 is 11.9 Å². The van der Waals surface area contributed by atoms with Crippen LogP contribution in [0.2, 0.25) is 0 Å². The number of anilines is 1. The molecular formula is C16H20N4OS. The van der Waals surface area contributed by atoms with Crippen molar-refractivity contribution < 1.29 is 4.79 Å². The van der Waals surface area contributed by atoms with Crippen molar-refractivity contribution >= 4 is 23.5 Å². The van der Waals surface area contributed by atoms with Crippen molar-refractivity contribution in [2.45, 2.75) is 43.9 Å². The highest BCUT2D eigenvalue weighted by atomic mass is 32.2. The summed E-state index contributed by atoms with van der Waals surface area (Å²) in [6.45, 7) is 2.03. The highest BCUT2D eigenvalue weighted by Crippen LogP contribution is 2.29. The molecule has 1 amide bonds. The van der Waals surface area contributed by atoms with Gasteiger partial charge in [-0.25, -0.2) is 4.98 Å². The minimum Gasteiger partial charge on any atom is -0.326 e. The van der Waals surface area contributed by atoms with Gasteiger partial charge in [-0.05, 0) is 49.4 Å². The Morgan fingerprint density at radius 1 is 1.41 bits per heavy atom. The first-order chi connectivity index (χ1) is 10.7. The van der Waals surface area contributed by atoms with E-state index in [1.54, 1.807) is 10.4 Å². The van der Waals surface area contributed by atoms with E-state index >= 15 is 0 Å². The molecule has 6 heteroatoms. The smallest absolute Gasteiger partial charge is 0.224 e. The molecule has 0 spiro atoms. The molecule has 3 rings (SSSR count). The van der Waals surface area contributed by atoms with Gasteiger partial charge in [-0.1, -0.05) is 12.8 Å². The van der Waals surface area contributed by atoms with Gasteiger partial charge in [0.05, 0.1) is 0 Å². The minimum atomic E-state index is 0.128. The molecule has 0 saturated heterocycles. The summed E-state index contributed by atoms with van der Waals surface area (Å²) in [5.74, 6) is 0.700. The number of aryl methyl sites for hydroxylation is 1. The molecule has 1 aliphatic rings. The molecule has 0 radical (unpaired) electrons. The highest BCUT2D eigenvalue weighted by molar-refractivity contribution is 7.97. The van der Waals surface area contributed by atoms with Crippen molar-refractivity contribution in [1.82, 2.24) is 14.2 Å². The summed E-state index contributed by atoms with van der Waals surface area (Å²) in [7, 11) is 0. The lowest BCUT2D eigenvalue weighted by molar-refractivity contribution is -0.117. The summed E-state index contributed by atoms with van der Waals surface area (Å²) < 4.78 is 1.71. The van der Waals surface area contributed by atoms with Crippen molar-refractivity contribution in [2.24, 2.45) is 5.92 Å². The standard InChI is InChI=1S/C16H20N4OS/c1-12-8-14(19-16(21)9-13-4-2-3-5-13)6-7-15(12)22-20-11-17-10-18-20/h6-8,10-11,13H,2-5,9H2,1H3,(H,19,21). The molecule has 2 aromatic rings. The Bertz CT molecular complexity index is 636. The van der Waals surface area contributed by atoms with E-state index in [0.29, 0.717) is 12.3 Å². The second-order valence-electron chi connectivity index (χ2n) is 5.77. The van der Waals surface area contributed by atoms with E-state index in [2.05, 4.69) is 15.4 Å². The number of benzene rings is 1. The topological polar surface area (TPSA) is 59.8 Å². The maximum absolute atomic E-state index is 12.1. The van der Waals surface area contributed by atoms with Gasteiger partial charge in [0.2, 0.25) is 5.91 Å². The van der Waals surface area contributed by atoms with Crippen LogP contribution in [-0.2, 0) is 4.79 Å². The second-order valence-corrected chi connectivity index (χ2v) is 6.77. The number of nitrogens with one attached hydrogen (secondary N) is 1. The molecule has 1 aromatic heterocycles. The SMILES string of the molecule is Cc1cc(NC(=O)CC2CCCC2)ccc1Sn1cncn1. The van der Waals surface area contributed by atoms with Gasteiger partial charge >= 0.3 is 0 Å². The average molecular weight is 316 g/mol. The largest absolute Gasteiger partial charge is 0.326 e.